The van der Waals surface area contributed by atoms with Crippen LogP contribution in [0.25, 0.3) is 0 Å². The monoisotopic (exact) mass is 511 g/mol. The third kappa shape index (κ3) is 5.25. The Bertz CT molecular complexity index is 1200. The van der Waals surface area contributed by atoms with Gasteiger partial charge in [0.2, 0.25) is 0 Å². The van der Waals surface area contributed by atoms with Crippen molar-refractivity contribution in [3.63, 3.8) is 0 Å². The fourth-order valence-electron chi connectivity index (χ4n) is 5.69. The van der Waals surface area contributed by atoms with E-state index in [0.29, 0.717) is 25.7 Å². The maximum absolute atomic E-state index is 13.2. The van der Waals surface area contributed by atoms with Crippen molar-refractivity contribution in [2.24, 2.45) is 0 Å². The molecule has 0 radical (unpaired) electrons. The molecule has 2 saturated heterocycles. The zero-order valence-corrected chi connectivity index (χ0v) is 22.2. The number of fused-ring (bicyclic) bond motifs is 1. The third-order valence-corrected chi connectivity index (χ3v) is 9.51. The number of sulfone groups is 1. The minimum Gasteiger partial charge on any atom is -0.494 e. The van der Waals surface area contributed by atoms with Crippen molar-refractivity contribution in [3.8, 4) is 5.75 Å². The van der Waals surface area contributed by atoms with Gasteiger partial charge in [0.15, 0.2) is 9.84 Å². The van der Waals surface area contributed by atoms with Gasteiger partial charge in [0.05, 0.1) is 11.9 Å². The summed E-state index contributed by atoms with van der Waals surface area (Å²) in [5, 5.41) is -0.224. The zero-order chi connectivity index (χ0) is 25.3. The smallest absolute Gasteiger partial charge is 0.258 e. The van der Waals surface area contributed by atoms with Gasteiger partial charge in [0, 0.05) is 55.4 Å². The van der Waals surface area contributed by atoms with Crippen molar-refractivity contribution in [2.75, 3.05) is 55.4 Å². The lowest BCUT2D eigenvalue weighted by Crippen LogP contribution is -2.38. The van der Waals surface area contributed by atoms with Crippen LogP contribution in [0, 0.1) is 0 Å². The third-order valence-electron chi connectivity index (χ3n) is 7.91. The van der Waals surface area contributed by atoms with Gasteiger partial charge in [0.25, 0.3) is 5.91 Å². The number of likely N-dealkylation sites (tertiary alicyclic amines) is 1. The van der Waals surface area contributed by atoms with E-state index >= 15 is 0 Å². The highest BCUT2D eigenvalue weighted by Gasteiger charge is 2.36. The van der Waals surface area contributed by atoms with Crippen LogP contribution in [0.1, 0.15) is 48.5 Å². The van der Waals surface area contributed by atoms with Gasteiger partial charge in [0.1, 0.15) is 5.75 Å². The number of carbonyl (C=O) groups is 1. The quantitative estimate of drug-likeness (QED) is 0.503. The lowest BCUT2D eigenvalue weighted by atomic mass is 9.98. The van der Waals surface area contributed by atoms with E-state index in [0.717, 1.165) is 80.0 Å². The minimum absolute atomic E-state index is 0.0415. The molecule has 3 aliphatic heterocycles. The molecule has 2 unspecified atom stereocenters. The number of hydrogen-bond donors (Lipinski definition) is 0. The molecule has 0 N–H and O–H groups in total. The number of nitrogens with zero attached hydrogens (tertiary/aromatic N) is 3. The van der Waals surface area contributed by atoms with Crippen LogP contribution in [0.5, 0.6) is 5.75 Å². The topological polar surface area (TPSA) is 70.2 Å². The first-order valence-corrected chi connectivity index (χ1v) is 15.1. The molecule has 194 valence electrons. The van der Waals surface area contributed by atoms with Gasteiger partial charge in [-0.3, -0.25) is 9.69 Å². The van der Waals surface area contributed by atoms with Crippen molar-refractivity contribution >= 4 is 27.1 Å². The van der Waals surface area contributed by atoms with E-state index in [1.54, 1.807) is 0 Å². The molecular weight excluding hydrogens is 474 g/mol. The molecular formula is C28H37N3O4S. The van der Waals surface area contributed by atoms with Crippen molar-refractivity contribution in [1.29, 1.82) is 0 Å². The van der Waals surface area contributed by atoms with Gasteiger partial charge >= 0.3 is 0 Å². The standard InChI is InChI=1S/C28H37N3O4S/c1-3-4-17-35-25-9-10-27-21(18-25)11-16-31(28(27)32)23-7-5-22(6-8-23)29-14-12-24(19-29)30-15-13-26(20-30)36(2,33)34/h5-10,18,24,26H,3-4,11-17,19-20H2,1-2H3. The van der Waals surface area contributed by atoms with Crippen molar-refractivity contribution < 1.29 is 17.9 Å². The average molecular weight is 512 g/mol. The van der Waals surface area contributed by atoms with E-state index in [9.17, 15) is 13.2 Å². The Labute approximate surface area is 214 Å². The average Bonchev–Trinajstić information content (AvgIpc) is 3.55. The largest absolute Gasteiger partial charge is 0.494 e. The molecule has 3 aliphatic rings. The molecule has 0 spiro atoms. The Morgan fingerprint density at radius 1 is 0.972 bits per heavy atom. The van der Waals surface area contributed by atoms with E-state index in [1.807, 2.05) is 35.2 Å². The van der Waals surface area contributed by atoms with Crippen LogP contribution in [0.2, 0.25) is 0 Å². The van der Waals surface area contributed by atoms with Crippen LogP contribution in [-0.2, 0) is 16.3 Å². The molecule has 7 nitrogen and oxygen atoms in total. The molecule has 36 heavy (non-hydrogen) atoms. The fourth-order valence-corrected chi connectivity index (χ4v) is 6.68. The van der Waals surface area contributed by atoms with Crippen LogP contribution in [0.3, 0.4) is 0 Å². The first-order chi connectivity index (χ1) is 17.3. The number of benzene rings is 2. The second-order valence-corrected chi connectivity index (χ2v) is 12.7. The van der Waals surface area contributed by atoms with E-state index in [4.69, 9.17) is 4.74 Å². The number of amides is 1. The van der Waals surface area contributed by atoms with E-state index in [1.165, 1.54) is 6.26 Å². The summed E-state index contributed by atoms with van der Waals surface area (Å²) >= 11 is 0. The number of hydrogen-bond acceptors (Lipinski definition) is 6. The van der Waals surface area contributed by atoms with E-state index < -0.39 is 9.84 Å². The van der Waals surface area contributed by atoms with Gasteiger partial charge in [-0.15, -0.1) is 0 Å². The molecule has 1 amide bonds. The van der Waals surface area contributed by atoms with E-state index in [-0.39, 0.29) is 11.2 Å². The van der Waals surface area contributed by atoms with Crippen LogP contribution in [-0.4, -0.2) is 76.1 Å². The maximum Gasteiger partial charge on any atom is 0.258 e. The van der Waals surface area contributed by atoms with Gasteiger partial charge in [-0.05, 0) is 80.3 Å². The summed E-state index contributed by atoms with van der Waals surface area (Å²) < 4.78 is 29.7. The number of anilines is 2. The van der Waals surface area contributed by atoms with Crippen molar-refractivity contribution in [3.05, 3.63) is 53.6 Å². The highest BCUT2D eigenvalue weighted by Crippen LogP contribution is 2.31. The molecule has 2 fully saturated rings. The summed E-state index contributed by atoms with van der Waals surface area (Å²) in [7, 11) is -2.97. The Morgan fingerprint density at radius 2 is 1.75 bits per heavy atom. The number of ether oxygens (including phenoxy) is 1. The molecule has 3 heterocycles. The van der Waals surface area contributed by atoms with Crippen molar-refractivity contribution in [1.82, 2.24) is 4.90 Å². The summed E-state index contributed by atoms with van der Waals surface area (Å²) in [6.45, 7) is 6.90. The van der Waals surface area contributed by atoms with Crippen LogP contribution in [0.4, 0.5) is 11.4 Å². The molecule has 2 atom stereocenters. The first-order valence-electron chi connectivity index (χ1n) is 13.2. The van der Waals surface area contributed by atoms with Crippen molar-refractivity contribution in [2.45, 2.75) is 50.3 Å². The van der Waals surface area contributed by atoms with Crippen LogP contribution in [0.15, 0.2) is 42.5 Å². The van der Waals surface area contributed by atoms with Crippen LogP contribution >= 0.6 is 0 Å². The fraction of sp³-hybridized carbons (Fsp3) is 0.536. The van der Waals surface area contributed by atoms with Gasteiger partial charge in [-0.1, -0.05) is 13.3 Å². The Kier molecular flexibility index (Phi) is 7.26. The summed E-state index contributed by atoms with van der Waals surface area (Å²) in [5.74, 6) is 0.886. The first kappa shape index (κ1) is 25.1. The molecule has 0 saturated carbocycles. The molecule has 2 aromatic rings. The number of rotatable bonds is 8. The normalized spacial score (nSPS) is 22.8. The molecule has 8 heteroatoms. The maximum atomic E-state index is 13.2. The highest BCUT2D eigenvalue weighted by molar-refractivity contribution is 7.91. The predicted octanol–water partition coefficient (Wildman–Crippen LogP) is 3.77. The zero-order valence-electron chi connectivity index (χ0n) is 21.4. The summed E-state index contributed by atoms with van der Waals surface area (Å²) in [4.78, 5) is 19.8. The van der Waals surface area contributed by atoms with Crippen LogP contribution < -0.4 is 14.5 Å². The second kappa shape index (κ2) is 10.4. The lowest BCUT2D eigenvalue weighted by molar-refractivity contribution is 0.0980. The SMILES string of the molecule is CCCCOc1ccc2c(c1)CCN(c1ccc(N3CCC(N4CCC(S(C)(=O)=O)C4)C3)cc1)C2=O. The second-order valence-electron chi connectivity index (χ2n) is 10.4. The van der Waals surface area contributed by atoms with Gasteiger partial charge < -0.3 is 14.5 Å². The van der Waals surface area contributed by atoms with E-state index in [2.05, 4.69) is 28.9 Å². The Balaban J connectivity index is 1.20. The Morgan fingerprint density at radius 3 is 2.47 bits per heavy atom. The summed E-state index contributed by atoms with van der Waals surface area (Å²) in [5.41, 5.74) is 3.89. The minimum atomic E-state index is -2.97. The summed E-state index contributed by atoms with van der Waals surface area (Å²) in [6, 6.07) is 14.5. The molecule has 0 aliphatic carbocycles. The number of carbonyl (C=O) groups excluding carboxylic acids is 1. The van der Waals surface area contributed by atoms with Gasteiger partial charge in [-0.2, -0.15) is 0 Å². The Hall–Kier alpha value is -2.58. The number of unbranched alkanes of at least 4 members (excludes halogenated alkanes) is 1. The molecule has 5 rings (SSSR count). The predicted molar refractivity (Wildman–Crippen MR) is 144 cm³/mol. The molecule has 0 aromatic heterocycles. The lowest BCUT2D eigenvalue weighted by Gasteiger charge is -2.29. The summed E-state index contributed by atoms with van der Waals surface area (Å²) in [6.07, 6.45) is 6.08. The molecule has 2 aromatic carbocycles. The molecule has 0 bridgehead atoms. The highest BCUT2D eigenvalue weighted by atomic mass is 32.2. The van der Waals surface area contributed by atoms with Gasteiger partial charge in [-0.25, -0.2) is 8.42 Å².